The van der Waals surface area contributed by atoms with Crippen LogP contribution in [0.5, 0.6) is 0 Å². The molecule has 0 radical (unpaired) electrons. The molecule has 2 heterocycles. The quantitative estimate of drug-likeness (QED) is 0.817. The fraction of sp³-hybridized carbons (Fsp3) is 0.625. The smallest absolute Gasteiger partial charge is 0.269 e. The summed E-state index contributed by atoms with van der Waals surface area (Å²) in [7, 11) is 1.66. The predicted octanol–water partition coefficient (Wildman–Crippen LogP) is 2.23. The maximum absolute atomic E-state index is 12.1. The summed E-state index contributed by atoms with van der Waals surface area (Å²) < 4.78 is 4.97. The first kappa shape index (κ1) is 15.8. The Morgan fingerprint density at radius 2 is 2.05 bits per heavy atom. The van der Waals surface area contributed by atoms with E-state index in [0.717, 1.165) is 25.3 Å². The number of rotatable bonds is 6. The highest BCUT2D eigenvalue weighted by Gasteiger charge is 2.13. The molecule has 0 spiro atoms. The number of ether oxygens (including phenoxy) is 1. The van der Waals surface area contributed by atoms with Crippen molar-refractivity contribution in [1.82, 2.24) is 10.3 Å². The average molecular weight is 291 g/mol. The molecule has 1 aromatic heterocycles. The van der Waals surface area contributed by atoms with Crippen molar-refractivity contribution in [3.05, 3.63) is 23.9 Å². The third kappa shape index (κ3) is 5.01. The standard InChI is InChI=1S/C16H25N3O2/c1-21-13-7-10-17-16(20)14-8-6-9-15(18-14)19-11-4-2-3-5-12-19/h6,8-9H,2-5,7,10-13H2,1H3,(H,17,20). The number of carbonyl (C=O) groups is 1. The number of pyridine rings is 1. The number of hydrogen-bond acceptors (Lipinski definition) is 4. The Hall–Kier alpha value is -1.62. The molecule has 0 unspecified atom stereocenters. The minimum absolute atomic E-state index is 0.109. The van der Waals surface area contributed by atoms with Crippen molar-refractivity contribution in [2.75, 3.05) is 38.3 Å². The van der Waals surface area contributed by atoms with Crippen LogP contribution in [0.3, 0.4) is 0 Å². The van der Waals surface area contributed by atoms with Gasteiger partial charge in [0, 0.05) is 33.4 Å². The fourth-order valence-electron chi connectivity index (χ4n) is 2.53. The van der Waals surface area contributed by atoms with Gasteiger partial charge in [-0.1, -0.05) is 18.9 Å². The van der Waals surface area contributed by atoms with Crippen molar-refractivity contribution in [3.63, 3.8) is 0 Å². The third-order valence-corrected chi connectivity index (χ3v) is 3.71. The van der Waals surface area contributed by atoms with E-state index in [4.69, 9.17) is 4.74 Å². The van der Waals surface area contributed by atoms with E-state index in [1.54, 1.807) is 13.2 Å². The van der Waals surface area contributed by atoms with Crippen molar-refractivity contribution in [2.24, 2.45) is 0 Å². The van der Waals surface area contributed by atoms with Crippen LogP contribution in [0.15, 0.2) is 18.2 Å². The second-order valence-electron chi connectivity index (χ2n) is 5.38. The van der Waals surface area contributed by atoms with Crippen LogP contribution in [-0.4, -0.2) is 44.2 Å². The largest absolute Gasteiger partial charge is 0.385 e. The third-order valence-electron chi connectivity index (χ3n) is 3.71. The molecule has 1 N–H and O–H groups in total. The number of anilines is 1. The summed E-state index contributed by atoms with van der Waals surface area (Å²) in [5.41, 5.74) is 0.495. The number of hydrogen-bond donors (Lipinski definition) is 1. The van der Waals surface area contributed by atoms with Gasteiger partial charge in [0.25, 0.3) is 5.91 Å². The van der Waals surface area contributed by atoms with Gasteiger partial charge >= 0.3 is 0 Å². The lowest BCUT2D eigenvalue weighted by atomic mass is 10.2. The van der Waals surface area contributed by atoms with Crippen molar-refractivity contribution in [3.8, 4) is 0 Å². The molecule has 0 atom stereocenters. The van der Waals surface area contributed by atoms with E-state index in [1.807, 2.05) is 12.1 Å². The van der Waals surface area contributed by atoms with Crippen LogP contribution in [-0.2, 0) is 4.74 Å². The zero-order valence-corrected chi connectivity index (χ0v) is 12.8. The van der Waals surface area contributed by atoms with Crippen LogP contribution >= 0.6 is 0 Å². The van der Waals surface area contributed by atoms with Crippen LogP contribution < -0.4 is 10.2 Å². The molecule has 1 aliphatic heterocycles. The van der Waals surface area contributed by atoms with Gasteiger partial charge in [-0.25, -0.2) is 4.98 Å². The summed E-state index contributed by atoms with van der Waals surface area (Å²) in [6.45, 7) is 3.33. The van der Waals surface area contributed by atoms with Crippen molar-refractivity contribution < 1.29 is 9.53 Å². The first-order chi connectivity index (χ1) is 10.3. The van der Waals surface area contributed by atoms with Gasteiger partial charge < -0.3 is 15.0 Å². The first-order valence-corrected chi connectivity index (χ1v) is 7.80. The van der Waals surface area contributed by atoms with Gasteiger partial charge in [0.15, 0.2) is 0 Å². The van der Waals surface area contributed by atoms with Gasteiger partial charge in [0.2, 0.25) is 0 Å². The lowest BCUT2D eigenvalue weighted by molar-refractivity contribution is 0.0943. The van der Waals surface area contributed by atoms with Gasteiger partial charge in [0.1, 0.15) is 11.5 Å². The Labute approximate surface area is 126 Å². The maximum Gasteiger partial charge on any atom is 0.269 e. The van der Waals surface area contributed by atoms with Gasteiger partial charge in [-0.3, -0.25) is 4.79 Å². The molecule has 116 valence electrons. The summed E-state index contributed by atoms with van der Waals surface area (Å²) in [5, 5.41) is 2.88. The monoisotopic (exact) mass is 291 g/mol. The fourth-order valence-corrected chi connectivity index (χ4v) is 2.53. The number of amides is 1. The zero-order chi connectivity index (χ0) is 14.9. The highest BCUT2D eigenvalue weighted by molar-refractivity contribution is 5.92. The Kier molecular flexibility index (Phi) is 6.47. The zero-order valence-electron chi connectivity index (χ0n) is 12.8. The molecule has 1 aromatic rings. The molecule has 1 saturated heterocycles. The molecule has 0 aliphatic carbocycles. The SMILES string of the molecule is COCCCNC(=O)c1cccc(N2CCCCCC2)n1. The first-order valence-electron chi connectivity index (χ1n) is 7.80. The molecule has 21 heavy (non-hydrogen) atoms. The summed E-state index contributed by atoms with van der Waals surface area (Å²) in [6.07, 6.45) is 5.80. The Morgan fingerprint density at radius 1 is 1.29 bits per heavy atom. The number of nitrogens with zero attached hydrogens (tertiary/aromatic N) is 2. The predicted molar refractivity (Wildman–Crippen MR) is 83.7 cm³/mol. The minimum atomic E-state index is -0.109. The normalized spacial score (nSPS) is 15.6. The van der Waals surface area contributed by atoms with Crippen LogP contribution in [0.4, 0.5) is 5.82 Å². The van der Waals surface area contributed by atoms with Crippen molar-refractivity contribution in [2.45, 2.75) is 32.1 Å². The molecule has 0 aromatic carbocycles. The molecular formula is C16H25N3O2. The molecule has 2 rings (SSSR count). The Morgan fingerprint density at radius 3 is 2.76 bits per heavy atom. The summed E-state index contributed by atoms with van der Waals surface area (Å²) in [5.74, 6) is 0.809. The van der Waals surface area contributed by atoms with Crippen molar-refractivity contribution in [1.29, 1.82) is 0 Å². The highest BCUT2D eigenvalue weighted by atomic mass is 16.5. The summed E-state index contributed by atoms with van der Waals surface area (Å²) >= 11 is 0. The van der Waals surface area contributed by atoms with E-state index in [1.165, 1.54) is 25.7 Å². The maximum atomic E-state index is 12.1. The van der Waals surface area contributed by atoms with E-state index in [-0.39, 0.29) is 5.91 Å². The van der Waals surface area contributed by atoms with Crippen LogP contribution in [0.25, 0.3) is 0 Å². The van der Waals surface area contributed by atoms with Gasteiger partial charge in [0.05, 0.1) is 0 Å². The van der Waals surface area contributed by atoms with Gasteiger partial charge in [-0.15, -0.1) is 0 Å². The average Bonchev–Trinajstić information content (AvgIpc) is 2.81. The van der Waals surface area contributed by atoms with E-state index in [0.29, 0.717) is 18.8 Å². The molecule has 1 fully saturated rings. The van der Waals surface area contributed by atoms with E-state index >= 15 is 0 Å². The van der Waals surface area contributed by atoms with Gasteiger partial charge in [-0.2, -0.15) is 0 Å². The number of methoxy groups -OCH3 is 1. The number of aromatic nitrogens is 1. The Bertz CT molecular complexity index is 443. The summed E-state index contributed by atoms with van der Waals surface area (Å²) in [4.78, 5) is 18.9. The lowest BCUT2D eigenvalue weighted by Crippen LogP contribution is -2.28. The second-order valence-corrected chi connectivity index (χ2v) is 5.38. The van der Waals surface area contributed by atoms with Gasteiger partial charge in [-0.05, 0) is 31.4 Å². The molecule has 5 heteroatoms. The number of nitrogens with one attached hydrogen (secondary N) is 1. The molecule has 5 nitrogen and oxygen atoms in total. The molecule has 1 amide bonds. The van der Waals surface area contributed by atoms with Crippen LogP contribution in [0, 0.1) is 0 Å². The Balaban J connectivity index is 1.94. The minimum Gasteiger partial charge on any atom is -0.385 e. The molecule has 0 bridgehead atoms. The summed E-state index contributed by atoms with van der Waals surface area (Å²) in [6, 6.07) is 5.68. The molecular weight excluding hydrogens is 266 g/mol. The molecule has 1 aliphatic rings. The topological polar surface area (TPSA) is 54.5 Å². The second kappa shape index (κ2) is 8.62. The molecule has 0 saturated carbocycles. The van der Waals surface area contributed by atoms with E-state index < -0.39 is 0 Å². The van der Waals surface area contributed by atoms with Crippen LogP contribution in [0.1, 0.15) is 42.6 Å². The highest BCUT2D eigenvalue weighted by Crippen LogP contribution is 2.17. The lowest BCUT2D eigenvalue weighted by Gasteiger charge is -2.21. The van der Waals surface area contributed by atoms with E-state index in [2.05, 4.69) is 15.2 Å². The van der Waals surface area contributed by atoms with Crippen molar-refractivity contribution >= 4 is 11.7 Å². The number of carbonyl (C=O) groups excluding carboxylic acids is 1. The van der Waals surface area contributed by atoms with Crippen LogP contribution in [0.2, 0.25) is 0 Å². The van der Waals surface area contributed by atoms with E-state index in [9.17, 15) is 4.79 Å².